The summed E-state index contributed by atoms with van der Waals surface area (Å²) in [5.41, 5.74) is 3.22. The molecule has 90 valence electrons. The minimum Gasteiger partial charge on any atom is -0.388 e. The standard InChI is InChI=1S/C13H17N3O/c1-9-5-4-6-10(2)13(9)11(17)7-12-14-8-15-16(12)3/h4-6,8,11,17H,7H2,1-3H3. The molecule has 1 aromatic heterocycles. The van der Waals surface area contributed by atoms with Crippen LogP contribution in [0.25, 0.3) is 0 Å². The number of hydrogen-bond acceptors (Lipinski definition) is 3. The van der Waals surface area contributed by atoms with Crippen molar-refractivity contribution in [2.75, 3.05) is 0 Å². The highest BCUT2D eigenvalue weighted by atomic mass is 16.3. The third-order valence-corrected chi connectivity index (χ3v) is 3.06. The van der Waals surface area contributed by atoms with E-state index in [1.807, 2.05) is 39.1 Å². The largest absolute Gasteiger partial charge is 0.388 e. The first-order valence-electron chi connectivity index (χ1n) is 5.66. The molecule has 0 radical (unpaired) electrons. The van der Waals surface area contributed by atoms with Gasteiger partial charge in [0.05, 0.1) is 6.10 Å². The molecule has 0 spiro atoms. The molecule has 4 heteroatoms. The van der Waals surface area contributed by atoms with Crippen LogP contribution in [0.3, 0.4) is 0 Å². The lowest BCUT2D eigenvalue weighted by Crippen LogP contribution is -2.10. The van der Waals surface area contributed by atoms with E-state index in [4.69, 9.17) is 0 Å². The number of hydrogen-bond donors (Lipinski definition) is 1. The number of rotatable bonds is 3. The van der Waals surface area contributed by atoms with Gasteiger partial charge in [0.15, 0.2) is 0 Å². The Balaban J connectivity index is 2.26. The second-order valence-electron chi connectivity index (χ2n) is 4.33. The normalized spacial score (nSPS) is 12.7. The summed E-state index contributed by atoms with van der Waals surface area (Å²) in [5, 5.41) is 14.3. The van der Waals surface area contributed by atoms with Gasteiger partial charge in [-0.3, -0.25) is 4.68 Å². The zero-order valence-electron chi connectivity index (χ0n) is 10.4. The van der Waals surface area contributed by atoms with Crippen LogP contribution in [0.2, 0.25) is 0 Å². The van der Waals surface area contributed by atoms with Gasteiger partial charge in [-0.1, -0.05) is 18.2 Å². The van der Waals surface area contributed by atoms with Crippen molar-refractivity contribution in [1.29, 1.82) is 0 Å². The number of aromatic nitrogens is 3. The monoisotopic (exact) mass is 231 g/mol. The zero-order valence-corrected chi connectivity index (χ0v) is 10.4. The Morgan fingerprint density at radius 2 is 1.94 bits per heavy atom. The van der Waals surface area contributed by atoms with Crippen LogP contribution >= 0.6 is 0 Å². The van der Waals surface area contributed by atoms with E-state index in [0.29, 0.717) is 6.42 Å². The highest BCUT2D eigenvalue weighted by molar-refractivity contribution is 5.35. The SMILES string of the molecule is Cc1cccc(C)c1C(O)Cc1ncnn1C. The van der Waals surface area contributed by atoms with Gasteiger partial charge >= 0.3 is 0 Å². The molecule has 0 fully saturated rings. The Kier molecular flexibility index (Phi) is 3.24. The van der Waals surface area contributed by atoms with Crippen molar-refractivity contribution in [3.05, 3.63) is 47.0 Å². The third-order valence-electron chi connectivity index (χ3n) is 3.06. The van der Waals surface area contributed by atoms with Crippen molar-refractivity contribution < 1.29 is 5.11 Å². The van der Waals surface area contributed by atoms with Gasteiger partial charge in [-0.15, -0.1) is 0 Å². The summed E-state index contributed by atoms with van der Waals surface area (Å²) in [6, 6.07) is 6.04. The molecule has 0 aliphatic rings. The fourth-order valence-corrected chi connectivity index (χ4v) is 2.13. The second kappa shape index (κ2) is 4.67. The first-order chi connectivity index (χ1) is 8.09. The maximum absolute atomic E-state index is 10.3. The number of nitrogens with zero attached hydrogens (tertiary/aromatic N) is 3. The van der Waals surface area contributed by atoms with E-state index in [-0.39, 0.29) is 0 Å². The Morgan fingerprint density at radius 3 is 2.47 bits per heavy atom. The average Bonchev–Trinajstić information content (AvgIpc) is 2.64. The number of aliphatic hydroxyl groups excluding tert-OH is 1. The van der Waals surface area contributed by atoms with Crippen molar-refractivity contribution in [3.63, 3.8) is 0 Å². The van der Waals surface area contributed by atoms with Gasteiger partial charge in [-0.05, 0) is 30.5 Å². The zero-order chi connectivity index (χ0) is 12.4. The summed E-state index contributed by atoms with van der Waals surface area (Å²) in [6.07, 6.45) is 1.47. The number of aliphatic hydroxyl groups is 1. The fourth-order valence-electron chi connectivity index (χ4n) is 2.13. The molecule has 0 saturated carbocycles. The Morgan fingerprint density at radius 1 is 1.29 bits per heavy atom. The highest BCUT2D eigenvalue weighted by Crippen LogP contribution is 2.24. The van der Waals surface area contributed by atoms with E-state index < -0.39 is 6.10 Å². The van der Waals surface area contributed by atoms with Crippen LogP contribution in [-0.2, 0) is 13.5 Å². The first-order valence-corrected chi connectivity index (χ1v) is 5.66. The molecule has 0 aliphatic heterocycles. The van der Waals surface area contributed by atoms with E-state index in [1.165, 1.54) is 6.33 Å². The van der Waals surface area contributed by atoms with Crippen LogP contribution in [-0.4, -0.2) is 19.9 Å². The molecule has 1 N–H and O–H groups in total. The van der Waals surface area contributed by atoms with Gasteiger partial charge in [0.25, 0.3) is 0 Å². The molecular weight excluding hydrogens is 214 g/mol. The molecule has 0 aliphatic carbocycles. The van der Waals surface area contributed by atoms with Crippen LogP contribution in [0.1, 0.15) is 28.6 Å². The molecule has 2 rings (SSSR count). The van der Waals surface area contributed by atoms with E-state index >= 15 is 0 Å². The minimum absolute atomic E-state index is 0.488. The molecule has 0 saturated heterocycles. The van der Waals surface area contributed by atoms with Crippen molar-refractivity contribution >= 4 is 0 Å². The molecule has 0 bridgehead atoms. The van der Waals surface area contributed by atoms with Crippen LogP contribution in [0.5, 0.6) is 0 Å². The van der Waals surface area contributed by atoms with Crippen LogP contribution in [0.15, 0.2) is 24.5 Å². The van der Waals surface area contributed by atoms with E-state index in [1.54, 1.807) is 4.68 Å². The van der Waals surface area contributed by atoms with Gasteiger partial charge in [0.1, 0.15) is 12.2 Å². The molecule has 1 aromatic carbocycles. The molecule has 2 aromatic rings. The first kappa shape index (κ1) is 11.8. The highest BCUT2D eigenvalue weighted by Gasteiger charge is 2.15. The summed E-state index contributed by atoms with van der Waals surface area (Å²) in [6.45, 7) is 4.03. The Hall–Kier alpha value is -1.68. The number of benzene rings is 1. The maximum atomic E-state index is 10.3. The van der Waals surface area contributed by atoms with Gasteiger partial charge in [-0.25, -0.2) is 4.98 Å². The van der Waals surface area contributed by atoms with Crippen molar-refractivity contribution in [2.24, 2.45) is 7.05 Å². The average molecular weight is 231 g/mol. The van der Waals surface area contributed by atoms with Crippen LogP contribution in [0.4, 0.5) is 0 Å². The maximum Gasteiger partial charge on any atom is 0.138 e. The second-order valence-corrected chi connectivity index (χ2v) is 4.33. The molecule has 17 heavy (non-hydrogen) atoms. The van der Waals surface area contributed by atoms with Gasteiger partial charge in [0.2, 0.25) is 0 Å². The summed E-state index contributed by atoms with van der Waals surface area (Å²) < 4.78 is 1.69. The van der Waals surface area contributed by atoms with E-state index in [0.717, 1.165) is 22.5 Å². The van der Waals surface area contributed by atoms with Gasteiger partial charge in [0, 0.05) is 13.5 Å². The van der Waals surface area contributed by atoms with Crippen molar-refractivity contribution in [2.45, 2.75) is 26.4 Å². The Labute approximate surface area is 101 Å². The van der Waals surface area contributed by atoms with Gasteiger partial charge < -0.3 is 5.11 Å². The summed E-state index contributed by atoms with van der Waals surface area (Å²) in [5.74, 6) is 0.792. The lowest BCUT2D eigenvalue weighted by Gasteiger charge is -2.15. The molecule has 1 atom stereocenters. The lowest BCUT2D eigenvalue weighted by atomic mass is 9.96. The summed E-state index contributed by atoms with van der Waals surface area (Å²) in [4.78, 5) is 4.13. The van der Waals surface area contributed by atoms with Crippen molar-refractivity contribution in [1.82, 2.24) is 14.8 Å². The van der Waals surface area contributed by atoms with Gasteiger partial charge in [-0.2, -0.15) is 5.10 Å². The molecule has 1 unspecified atom stereocenters. The predicted molar refractivity (Wildman–Crippen MR) is 65.6 cm³/mol. The van der Waals surface area contributed by atoms with Crippen LogP contribution < -0.4 is 0 Å². The topological polar surface area (TPSA) is 50.9 Å². The fraction of sp³-hybridized carbons (Fsp3) is 0.385. The minimum atomic E-state index is -0.529. The van der Waals surface area contributed by atoms with Crippen LogP contribution in [0, 0.1) is 13.8 Å². The van der Waals surface area contributed by atoms with E-state index in [9.17, 15) is 5.11 Å². The van der Waals surface area contributed by atoms with Crippen molar-refractivity contribution in [3.8, 4) is 0 Å². The summed E-state index contributed by atoms with van der Waals surface area (Å²) >= 11 is 0. The lowest BCUT2D eigenvalue weighted by molar-refractivity contribution is 0.173. The predicted octanol–water partition coefficient (Wildman–Crippen LogP) is 1.71. The molecular formula is C13H17N3O. The van der Waals surface area contributed by atoms with E-state index in [2.05, 4.69) is 10.1 Å². The summed E-state index contributed by atoms with van der Waals surface area (Å²) in [7, 11) is 1.83. The Bertz CT molecular complexity index is 499. The third kappa shape index (κ3) is 2.36. The molecule has 0 amide bonds. The smallest absolute Gasteiger partial charge is 0.138 e. The molecule has 4 nitrogen and oxygen atoms in total. The quantitative estimate of drug-likeness (QED) is 0.874. The molecule has 1 heterocycles. The number of aryl methyl sites for hydroxylation is 3.